The van der Waals surface area contributed by atoms with Crippen LogP contribution in [0, 0.1) is 6.92 Å². The molecule has 1 aliphatic rings. The van der Waals surface area contributed by atoms with Crippen LogP contribution in [0.25, 0.3) is 0 Å². The third-order valence-electron chi connectivity index (χ3n) is 5.92. The standard InChI is InChI=1S/C26H35N3O6S/c1-5-27-26(31)20(3)28(18-21-9-6-8-19(2)16-21)25(30)10-7-13-29(36(4,32)33)22-11-12-23-24(17-22)35-15-14-34-23/h6,8-9,11-12,16-17,20H,5,7,10,13-15,18H2,1-4H3,(H,27,31). The number of nitrogens with one attached hydrogen (secondary N) is 1. The number of hydrogen-bond acceptors (Lipinski definition) is 6. The summed E-state index contributed by atoms with van der Waals surface area (Å²) < 4.78 is 37.5. The van der Waals surface area contributed by atoms with Crippen molar-refractivity contribution in [3.63, 3.8) is 0 Å². The number of ether oxygens (including phenoxy) is 2. The summed E-state index contributed by atoms with van der Waals surface area (Å²) in [6, 6.07) is 12.1. The van der Waals surface area contributed by atoms with E-state index in [1.165, 1.54) is 4.31 Å². The van der Waals surface area contributed by atoms with Crippen LogP contribution in [0.1, 0.15) is 37.8 Å². The largest absolute Gasteiger partial charge is 0.486 e. The molecule has 10 heteroatoms. The maximum atomic E-state index is 13.3. The number of benzene rings is 2. The highest BCUT2D eigenvalue weighted by atomic mass is 32.2. The van der Waals surface area contributed by atoms with Crippen molar-refractivity contribution in [2.75, 3.05) is 36.9 Å². The monoisotopic (exact) mass is 517 g/mol. The first-order valence-corrected chi connectivity index (χ1v) is 13.9. The number of likely N-dealkylation sites (N-methyl/N-ethyl adjacent to an activating group) is 1. The summed E-state index contributed by atoms with van der Waals surface area (Å²) in [7, 11) is -3.61. The average molecular weight is 518 g/mol. The number of rotatable bonds is 11. The molecule has 9 nitrogen and oxygen atoms in total. The Kier molecular flexibility index (Phi) is 9.19. The number of fused-ring (bicyclic) bond motifs is 1. The number of carbonyl (C=O) groups excluding carboxylic acids is 2. The Balaban J connectivity index is 1.73. The van der Waals surface area contributed by atoms with E-state index in [0.717, 1.165) is 17.4 Å². The summed E-state index contributed by atoms with van der Waals surface area (Å²) in [5, 5.41) is 2.78. The minimum Gasteiger partial charge on any atom is -0.486 e. The lowest BCUT2D eigenvalue weighted by Gasteiger charge is -2.29. The lowest BCUT2D eigenvalue weighted by atomic mass is 10.1. The summed E-state index contributed by atoms with van der Waals surface area (Å²) in [6.45, 7) is 7.21. The van der Waals surface area contributed by atoms with Gasteiger partial charge in [0.2, 0.25) is 21.8 Å². The highest BCUT2D eigenvalue weighted by Gasteiger charge is 2.27. The van der Waals surface area contributed by atoms with Crippen LogP contribution in [0.2, 0.25) is 0 Å². The van der Waals surface area contributed by atoms with E-state index in [1.54, 1.807) is 30.0 Å². The van der Waals surface area contributed by atoms with E-state index in [2.05, 4.69) is 5.32 Å². The Morgan fingerprint density at radius 2 is 1.81 bits per heavy atom. The van der Waals surface area contributed by atoms with Gasteiger partial charge in [-0.2, -0.15) is 0 Å². The van der Waals surface area contributed by atoms with Crippen molar-refractivity contribution >= 4 is 27.5 Å². The summed E-state index contributed by atoms with van der Waals surface area (Å²) in [6.07, 6.45) is 1.51. The summed E-state index contributed by atoms with van der Waals surface area (Å²) >= 11 is 0. The Hall–Kier alpha value is -3.27. The number of anilines is 1. The van der Waals surface area contributed by atoms with Crippen LogP contribution in [-0.4, -0.2) is 63.7 Å². The van der Waals surface area contributed by atoms with E-state index >= 15 is 0 Å². The topological polar surface area (TPSA) is 105 Å². The third-order valence-corrected chi connectivity index (χ3v) is 7.11. The zero-order valence-corrected chi connectivity index (χ0v) is 22.1. The summed E-state index contributed by atoms with van der Waals surface area (Å²) in [5.74, 6) is 0.613. The summed E-state index contributed by atoms with van der Waals surface area (Å²) in [5.41, 5.74) is 2.43. The van der Waals surface area contributed by atoms with Crippen LogP contribution in [0.3, 0.4) is 0 Å². The van der Waals surface area contributed by atoms with Crippen molar-refractivity contribution in [3.05, 3.63) is 53.6 Å². The normalized spacial score (nSPS) is 13.6. The Morgan fingerprint density at radius 3 is 2.47 bits per heavy atom. The molecule has 196 valence electrons. The molecule has 0 saturated carbocycles. The lowest BCUT2D eigenvalue weighted by Crippen LogP contribution is -2.47. The molecule has 0 bridgehead atoms. The van der Waals surface area contributed by atoms with E-state index in [0.29, 0.717) is 36.9 Å². The molecule has 0 saturated heterocycles. The highest BCUT2D eigenvalue weighted by Crippen LogP contribution is 2.34. The van der Waals surface area contributed by atoms with Crippen LogP contribution in [0.4, 0.5) is 5.69 Å². The molecule has 1 aliphatic heterocycles. The molecular formula is C26H35N3O6S. The molecule has 0 radical (unpaired) electrons. The number of hydrogen-bond donors (Lipinski definition) is 1. The van der Waals surface area contributed by atoms with E-state index in [1.807, 2.05) is 38.1 Å². The van der Waals surface area contributed by atoms with Gasteiger partial charge in [-0.3, -0.25) is 13.9 Å². The molecule has 0 spiro atoms. The number of amides is 2. The second kappa shape index (κ2) is 12.1. The van der Waals surface area contributed by atoms with Gasteiger partial charge in [-0.1, -0.05) is 29.8 Å². The van der Waals surface area contributed by atoms with Gasteiger partial charge in [0, 0.05) is 32.1 Å². The quantitative estimate of drug-likeness (QED) is 0.492. The van der Waals surface area contributed by atoms with Gasteiger partial charge in [0.05, 0.1) is 11.9 Å². The molecule has 2 amide bonds. The first kappa shape index (κ1) is 27.3. The molecule has 2 aromatic carbocycles. The van der Waals surface area contributed by atoms with E-state index < -0.39 is 16.1 Å². The maximum Gasteiger partial charge on any atom is 0.242 e. The SMILES string of the molecule is CCNC(=O)C(C)N(Cc1cccc(C)c1)C(=O)CCCN(c1ccc2c(c1)OCCO2)S(C)(=O)=O. The van der Waals surface area contributed by atoms with Gasteiger partial charge in [-0.05, 0) is 44.9 Å². The van der Waals surface area contributed by atoms with Gasteiger partial charge in [0.15, 0.2) is 11.5 Å². The van der Waals surface area contributed by atoms with Crippen LogP contribution in [0.15, 0.2) is 42.5 Å². The first-order valence-electron chi connectivity index (χ1n) is 12.1. The van der Waals surface area contributed by atoms with Gasteiger partial charge < -0.3 is 19.7 Å². The average Bonchev–Trinajstić information content (AvgIpc) is 2.83. The molecule has 2 aromatic rings. The van der Waals surface area contributed by atoms with Crippen LogP contribution in [-0.2, 0) is 26.2 Å². The molecule has 3 rings (SSSR count). The van der Waals surface area contributed by atoms with Crippen molar-refractivity contribution in [1.82, 2.24) is 10.2 Å². The minimum absolute atomic E-state index is 0.0894. The minimum atomic E-state index is -3.61. The van der Waals surface area contributed by atoms with Gasteiger partial charge in [0.1, 0.15) is 19.3 Å². The Labute approximate surface area is 213 Å². The van der Waals surface area contributed by atoms with Gasteiger partial charge in [-0.25, -0.2) is 8.42 Å². The van der Waals surface area contributed by atoms with Crippen LogP contribution in [0.5, 0.6) is 11.5 Å². The molecule has 0 aromatic heterocycles. The number of carbonyl (C=O) groups is 2. The molecule has 1 N–H and O–H groups in total. The molecular weight excluding hydrogens is 482 g/mol. The predicted molar refractivity (Wildman–Crippen MR) is 139 cm³/mol. The zero-order valence-electron chi connectivity index (χ0n) is 21.3. The number of nitrogens with zero attached hydrogens (tertiary/aromatic N) is 2. The first-order chi connectivity index (χ1) is 17.1. The fourth-order valence-corrected chi connectivity index (χ4v) is 5.06. The molecule has 36 heavy (non-hydrogen) atoms. The van der Waals surface area contributed by atoms with Crippen molar-refractivity contribution in [2.45, 2.75) is 46.2 Å². The predicted octanol–water partition coefficient (Wildman–Crippen LogP) is 2.87. The van der Waals surface area contributed by atoms with Gasteiger partial charge in [0.25, 0.3) is 0 Å². The highest BCUT2D eigenvalue weighted by molar-refractivity contribution is 7.92. The fraction of sp³-hybridized carbons (Fsp3) is 0.462. The lowest BCUT2D eigenvalue weighted by molar-refractivity contribution is -0.140. The molecule has 1 unspecified atom stereocenters. The second-order valence-electron chi connectivity index (χ2n) is 8.85. The summed E-state index contributed by atoms with van der Waals surface area (Å²) in [4.78, 5) is 27.4. The van der Waals surface area contributed by atoms with Crippen LogP contribution >= 0.6 is 0 Å². The van der Waals surface area contributed by atoms with Gasteiger partial charge >= 0.3 is 0 Å². The molecule has 0 aliphatic carbocycles. The van der Waals surface area contributed by atoms with Crippen molar-refractivity contribution < 1.29 is 27.5 Å². The van der Waals surface area contributed by atoms with E-state index in [4.69, 9.17) is 9.47 Å². The molecule has 0 fully saturated rings. The van der Waals surface area contributed by atoms with E-state index in [9.17, 15) is 18.0 Å². The maximum absolute atomic E-state index is 13.3. The number of aryl methyl sites for hydroxylation is 1. The van der Waals surface area contributed by atoms with Crippen molar-refractivity contribution in [1.29, 1.82) is 0 Å². The number of sulfonamides is 1. The molecule has 1 atom stereocenters. The zero-order chi connectivity index (χ0) is 26.3. The second-order valence-corrected chi connectivity index (χ2v) is 10.8. The van der Waals surface area contributed by atoms with Gasteiger partial charge in [-0.15, -0.1) is 0 Å². The Bertz CT molecular complexity index is 1180. The van der Waals surface area contributed by atoms with Crippen molar-refractivity contribution in [3.8, 4) is 11.5 Å². The smallest absolute Gasteiger partial charge is 0.242 e. The fourth-order valence-electron chi connectivity index (χ4n) is 4.10. The van der Waals surface area contributed by atoms with E-state index in [-0.39, 0.29) is 37.7 Å². The third kappa shape index (κ3) is 7.13. The van der Waals surface area contributed by atoms with Crippen LogP contribution < -0.4 is 19.1 Å². The molecule has 1 heterocycles. The van der Waals surface area contributed by atoms with Crippen molar-refractivity contribution in [2.24, 2.45) is 0 Å². The Morgan fingerprint density at radius 1 is 1.08 bits per heavy atom.